The average molecular weight is 194 g/mol. The Morgan fingerprint density at radius 3 is 2.43 bits per heavy atom. The molecule has 0 aliphatic heterocycles. The molecule has 0 spiro atoms. The van der Waals surface area contributed by atoms with Crippen molar-refractivity contribution in [3.8, 4) is 5.75 Å². The van der Waals surface area contributed by atoms with Gasteiger partial charge in [-0.05, 0) is 49.6 Å². The molecule has 1 aromatic carbocycles. The molecule has 4 N–H and O–H groups in total. The van der Waals surface area contributed by atoms with Crippen LogP contribution in [0.25, 0.3) is 0 Å². The molecule has 1 aromatic rings. The van der Waals surface area contributed by atoms with E-state index >= 15 is 0 Å². The van der Waals surface area contributed by atoms with Crippen molar-refractivity contribution < 1.29 is 4.74 Å². The first-order valence-corrected chi connectivity index (χ1v) is 4.82. The summed E-state index contributed by atoms with van der Waals surface area (Å²) >= 11 is 0. The van der Waals surface area contributed by atoms with Gasteiger partial charge in [-0.3, -0.25) is 0 Å². The quantitative estimate of drug-likeness (QED) is 0.705. The zero-order valence-electron chi connectivity index (χ0n) is 8.79. The molecule has 0 heterocycles. The van der Waals surface area contributed by atoms with E-state index in [2.05, 4.69) is 5.73 Å². The van der Waals surface area contributed by atoms with Crippen molar-refractivity contribution in [2.45, 2.75) is 18.8 Å². The molecule has 3 nitrogen and oxygen atoms in total. The molecule has 0 atom stereocenters. The van der Waals surface area contributed by atoms with Gasteiger partial charge in [0.1, 0.15) is 5.75 Å². The summed E-state index contributed by atoms with van der Waals surface area (Å²) in [4.78, 5) is 0. The number of nitrogens with two attached hydrogens (primary N) is 2. The van der Waals surface area contributed by atoms with Crippen molar-refractivity contribution >= 4 is 5.69 Å². The maximum atomic E-state index is 5.83. The number of ether oxygens (including phenoxy) is 1. The minimum Gasteiger partial charge on any atom is -0.497 e. The summed E-state index contributed by atoms with van der Waals surface area (Å²) in [6, 6.07) is 5.88. The number of anilines is 1. The topological polar surface area (TPSA) is 61.3 Å². The number of rotatable bonds is 2. The van der Waals surface area contributed by atoms with E-state index in [1.807, 2.05) is 18.2 Å². The highest BCUT2D eigenvalue weighted by Gasteiger charge is 2.25. The van der Waals surface area contributed by atoms with Gasteiger partial charge in [-0.15, -0.1) is 0 Å². The summed E-state index contributed by atoms with van der Waals surface area (Å²) in [7, 11) is 3.18. The van der Waals surface area contributed by atoms with Crippen molar-refractivity contribution in [2.75, 3.05) is 19.9 Å². The molecule has 1 fully saturated rings. The van der Waals surface area contributed by atoms with E-state index in [-0.39, 0.29) is 0 Å². The first-order valence-electron chi connectivity index (χ1n) is 4.82. The molecular formula is C11H18N2O. The van der Waals surface area contributed by atoms with E-state index in [9.17, 15) is 0 Å². The zero-order chi connectivity index (χ0) is 10.6. The predicted molar refractivity (Wildman–Crippen MR) is 59.5 cm³/mol. The van der Waals surface area contributed by atoms with Gasteiger partial charge in [0.05, 0.1) is 7.11 Å². The Labute approximate surface area is 85.0 Å². The number of methoxy groups -OCH3 is 1. The van der Waals surface area contributed by atoms with Crippen LogP contribution >= 0.6 is 0 Å². The van der Waals surface area contributed by atoms with Crippen LogP contribution in [0.4, 0.5) is 5.69 Å². The summed E-state index contributed by atoms with van der Waals surface area (Å²) in [5.41, 5.74) is 12.5. The normalized spacial score (nSPS) is 14.2. The molecule has 0 saturated heterocycles. The lowest BCUT2D eigenvalue weighted by Gasteiger charge is -2.06. The van der Waals surface area contributed by atoms with Gasteiger partial charge in [0.2, 0.25) is 0 Å². The van der Waals surface area contributed by atoms with Crippen LogP contribution in [0.5, 0.6) is 5.75 Å². The first-order chi connectivity index (χ1) is 6.81. The highest BCUT2D eigenvalue weighted by Crippen LogP contribution is 2.43. The fraction of sp³-hybridized carbons (Fsp3) is 0.455. The summed E-state index contributed by atoms with van der Waals surface area (Å²) in [5, 5.41) is 0. The van der Waals surface area contributed by atoms with Crippen molar-refractivity contribution in [1.82, 2.24) is 0 Å². The van der Waals surface area contributed by atoms with E-state index < -0.39 is 0 Å². The second-order valence-corrected chi connectivity index (χ2v) is 3.27. The largest absolute Gasteiger partial charge is 0.497 e. The van der Waals surface area contributed by atoms with Crippen molar-refractivity contribution in [3.63, 3.8) is 0 Å². The van der Waals surface area contributed by atoms with Gasteiger partial charge in [0, 0.05) is 5.69 Å². The van der Waals surface area contributed by atoms with Gasteiger partial charge in [-0.2, -0.15) is 0 Å². The minimum atomic E-state index is 0.695. The molecule has 0 radical (unpaired) electrons. The summed E-state index contributed by atoms with van der Waals surface area (Å²) in [6.07, 6.45) is 2.55. The maximum Gasteiger partial charge on any atom is 0.119 e. The van der Waals surface area contributed by atoms with Crippen LogP contribution in [0.2, 0.25) is 0 Å². The Bertz CT molecular complexity index is 295. The molecule has 0 aromatic heterocycles. The summed E-state index contributed by atoms with van der Waals surface area (Å²) < 4.78 is 5.13. The highest BCUT2D eigenvalue weighted by atomic mass is 16.5. The monoisotopic (exact) mass is 194 g/mol. The second kappa shape index (κ2) is 4.86. The Balaban J connectivity index is 0.000000461. The molecule has 3 heteroatoms. The highest BCUT2D eigenvalue weighted by molar-refractivity contribution is 5.53. The Kier molecular flexibility index (Phi) is 3.77. The van der Waals surface area contributed by atoms with E-state index in [1.54, 1.807) is 7.11 Å². The van der Waals surface area contributed by atoms with Gasteiger partial charge >= 0.3 is 0 Å². The van der Waals surface area contributed by atoms with Gasteiger partial charge in [-0.25, -0.2) is 0 Å². The average Bonchev–Trinajstić information content (AvgIpc) is 3.05. The van der Waals surface area contributed by atoms with Gasteiger partial charge in [0.15, 0.2) is 0 Å². The third kappa shape index (κ3) is 2.39. The SMILES string of the molecule is CN.COc1ccc(N)c(C2CC2)c1. The molecule has 1 aliphatic rings. The lowest BCUT2D eigenvalue weighted by Crippen LogP contribution is -1.93. The van der Waals surface area contributed by atoms with E-state index in [0.29, 0.717) is 5.92 Å². The van der Waals surface area contributed by atoms with Crippen LogP contribution in [0.3, 0.4) is 0 Å². The molecule has 0 bridgehead atoms. The Hall–Kier alpha value is -1.22. The number of hydrogen-bond donors (Lipinski definition) is 2. The number of hydrogen-bond acceptors (Lipinski definition) is 3. The molecule has 14 heavy (non-hydrogen) atoms. The van der Waals surface area contributed by atoms with Crippen LogP contribution in [0.15, 0.2) is 18.2 Å². The van der Waals surface area contributed by atoms with E-state index in [1.165, 1.54) is 25.5 Å². The molecule has 2 rings (SSSR count). The molecule has 1 aliphatic carbocycles. The van der Waals surface area contributed by atoms with Crippen molar-refractivity contribution in [3.05, 3.63) is 23.8 Å². The van der Waals surface area contributed by atoms with Crippen LogP contribution in [-0.2, 0) is 0 Å². The van der Waals surface area contributed by atoms with Gasteiger partial charge in [-0.1, -0.05) is 0 Å². The van der Waals surface area contributed by atoms with Gasteiger partial charge < -0.3 is 16.2 Å². The molecular weight excluding hydrogens is 176 g/mol. The van der Waals surface area contributed by atoms with Crippen LogP contribution < -0.4 is 16.2 Å². The lowest BCUT2D eigenvalue weighted by atomic mass is 10.1. The third-order valence-electron chi connectivity index (χ3n) is 2.31. The summed E-state index contributed by atoms with van der Waals surface area (Å²) in [5.74, 6) is 1.60. The minimum absolute atomic E-state index is 0.695. The molecule has 0 amide bonds. The standard InChI is InChI=1S/C10H13NO.CH5N/c1-12-8-4-5-10(11)9(6-8)7-2-3-7;1-2/h4-7H,2-3,11H2,1H3;2H2,1H3. The molecule has 78 valence electrons. The molecule has 0 unspecified atom stereocenters. The fourth-order valence-electron chi connectivity index (χ4n) is 1.43. The van der Waals surface area contributed by atoms with Crippen molar-refractivity contribution in [1.29, 1.82) is 0 Å². The third-order valence-corrected chi connectivity index (χ3v) is 2.31. The van der Waals surface area contributed by atoms with Crippen LogP contribution in [-0.4, -0.2) is 14.2 Å². The fourth-order valence-corrected chi connectivity index (χ4v) is 1.43. The maximum absolute atomic E-state index is 5.83. The smallest absolute Gasteiger partial charge is 0.119 e. The van der Waals surface area contributed by atoms with E-state index in [0.717, 1.165) is 11.4 Å². The second-order valence-electron chi connectivity index (χ2n) is 3.27. The zero-order valence-corrected chi connectivity index (χ0v) is 8.79. The van der Waals surface area contributed by atoms with E-state index in [4.69, 9.17) is 10.5 Å². The number of benzene rings is 1. The Morgan fingerprint density at radius 2 is 1.93 bits per heavy atom. The number of nitrogen functional groups attached to an aromatic ring is 1. The van der Waals surface area contributed by atoms with Gasteiger partial charge in [0.25, 0.3) is 0 Å². The summed E-state index contributed by atoms with van der Waals surface area (Å²) in [6.45, 7) is 0. The predicted octanol–water partition coefficient (Wildman–Crippen LogP) is 1.73. The van der Waals surface area contributed by atoms with Crippen molar-refractivity contribution in [2.24, 2.45) is 5.73 Å². The Morgan fingerprint density at radius 1 is 1.29 bits per heavy atom. The lowest BCUT2D eigenvalue weighted by molar-refractivity contribution is 0.414. The first kappa shape index (κ1) is 10.9. The molecule has 1 saturated carbocycles. The van der Waals surface area contributed by atoms with Crippen LogP contribution in [0.1, 0.15) is 24.3 Å². The van der Waals surface area contributed by atoms with Crippen LogP contribution in [0, 0.1) is 0 Å².